The molecule has 25 heavy (non-hydrogen) atoms. The van der Waals surface area contributed by atoms with Gasteiger partial charge in [0, 0.05) is 17.0 Å². The Morgan fingerprint density at radius 3 is 2.84 bits per heavy atom. The number of nitrogens with one attached hydrogen (secondary N) is 1. The van der Waals surface area contributed by atoms with Crippen LogP contribution in [0.5, 0.6) is 0 Å². The Balaban J connectivity index is 1.51. The van der Waals surface area contributed by atoms with E-state index >= 15 is 0 Å². The fourth-order valence-electron chi connectivity index (χ4n) is 4.36. The van der Waals surface area contributed by atoms with E-state index in [1.54, 1.807) is 6.07 Å². The number of amides is 1. The molecule has 1 saturated heterocycles. The van der Waals surface area contributed by atoms with E-state index in [2.05, 4.69) is 34.7 Å². The molecule has 1 aliphatic carbocycles. The van der Waals surface area contributed by atoms with Crippen LogP contribution in [0.2, 0.25) is 0 Å². The van der Waals surface area contributed by atoms with Gasteiger partial charge < -0.3 is 11.1 Å². The van der Waals surface area contributed by atoms with Gasteiger partial charge in [0.2, 0.25) is 0 Å². The number of carbonyl (C=O) groups is 1. The lowest BCUT2D eigenvalue weighted by Gasteiger charge is -2.23. The second-order valence-corrected chi connectivity index (χ2v) is 7.24. The van der Waals surface area contributed by atoms with Gasteiger partial charge in [-0.2, -0.15) is 5.10 Å². The summed E-state index contributed by atoms with van der Waals surface area (Å²) in [4.78, 5) is 11.6. The number of benzene rings is 2. The average molecular weight is 332 g/mol. The van der Waals surface area contributed by atoms with Crippen LogP contribution in [0.3, 0.4) is 0 Å². The number of nitrogens with two attached hydrogens (primary N) is 1. The van der Waals surface area contributed by atoms with E-state index in [0.717, 1.165) is 30.1 Å². The van der Waals surface area contributed by atoms with Crippen LogP contribution in [0.15, 0.2) is 48.7 Å². The van der Waals surface area contributed by atoms with Gasteiger partial charge in [-0.3, -0.25) is 4.79 Å². The highest BCUT2D eigenvalue weighted by Crippen LogP contribution is 2.57. The van der Waals surface area contributed by atoms with Crippen molar-refractivity contribution in [3.05, 3.63) is 59.8 Å². The Labute approximate surface area is 145 Å². The molecule has 2 aliphatic rings. The zero-order valence-electron chi connectivity index (χ0n) is 13.9. The lowest BCUT2D eigenvalue weighted by atomic mass is 9.88. The molecule has 2 atom stereocenters. The Kier molecular flexibility index (Phi) is 3.03. The summed E-state index contributed by atoms with van der Waals surface area (Å²) >= 11 is 0. The topological polar surface area (TPSA) is 72.9 Å². The molecule has 1 amide bonds. The number of hydrogen-bond donors (Lipinski definition) is 2. The smallest absolute Gasteiger partial charge is 0.250 e. The van der Waals surface area contributed by atoms with Crippen molar-refractivity contribution >= 4 is 16.8 Å². The first-order valence-corrected chi connectivity index (χ1v) is 8.77. The summed E-state index contributed by atoms with van der Waals surface area (Å²) in [5.41, 5.74) is 9.41. The first kappa shape index (κ1) is 14.7. The van der Waals surface area contributed by atoms with E-state index in [9.17, 15) is 4.79 Å². The highest BCUT2D eigenvalue weighted by Gasteiger charge is 2.55. The van der Waals surface area contributed by atoms with Crippen LogP contribution in [0.4, 0.5) is 0 Å². The summed E-state index contributed by atoms with van der Waals surface area (Å²) in [6.45, 7) is 2.25. The minimum Gasteiger partial charge on any atom is -0.366 e. The van der Waals surface area contributed by atoms with E-state index in [4.69, 9.17) is 5.73 Å². The number of fused-ring (bicyclic) bond motifs is 2. The minimum atomic E-state index is -0.448. The molecule has 2 heterocycles. The minimum absolute atomic E-state index is 0.401. The molecule has 3 aromatic rings. The van der Waals surface area contributed by atoms with Crippen molar-refractivity contribution in [3.63, 3.8) is 0 Å². The van der Waals surface area contributed by atoms with E-state index in [1.807, 2.05) is 23.0 Å². The Bertz CT molecular complexity index is 975. The highest BCUT2D eigenvalue weighted by molar-refractivity contribution is 6.04. The second kappa shape index (κ2) is 5.17. The lowest BCUT2D eigenvalue weighted by molar-refractivity contribution is 0.100. The van der Waals surface area contributed by atoms with E-state index in [-0.39, 0.29) is 0 Å². The maximum atomic E-state index is 11.6. The van der Waals surface area contributed by atoms with E-state index in [0.29, 0.717) is 16.5 Å². The van der Waals surface area contributed by atoms with Gasteiger partial charge in [0.25, 0.3) is 5.91 Å². The second-order valence-electron chi connectivity index (χ2n) is 7.24. The first-order valence-electron chi connectivity index (χ1n) is 8.77. The van der Waals surface area contributed by atoms with Crippen molar-refractivity contribution in [1.82, 2.24) is 15.1 Å². The number of primary amides is 1. The molecule has 2 fully saturated rings. The van der Waals surface area contributed by atoms with Crippen molar-refractivity contribution in [1.29, 1.82) is 0 Å². The van der Waals surface area contributed by atoms with Crippen LogP contribution in [0.1, 0.15) is 28.8 Å². The standard InChI is InChI=1S/C20H20N4O/c21-19(25)17-3-1-2-13-12-24(23-18(13)17)16-6-4-14(5-7-16)20-8-9-22-11-15(20)10-20/h1-7,12,15,22H,8-11H2,(H2,21,25). The monoisotopic (exact) mass is 332 g/mol. The van der Waals surface area contributed by atoms with Crippen LogP contribution < -0.4 is 11.1 Å². The predicted molar refractivity (Wildman–Crippen MR) is 96.9 cm³/mol. The van der Waals surface area contributed by atoms with Gasteiger partial charge >= 0.3 is 0 Å². The summed E-state index contributed by atoms with van der Waals surface area (Å²) < 4.78 is 1.82. The summed E-state index contributed by atoms with van der Waals surface area (Å²) in [6, 6.07) is 14.2. The number of carbonyl (C=O) groups excluding carboxylic acids is 1. The van der Waals surface area contributed by atoms with E-state index < -0.39 is 5.91 Å². The highest BCUT2D eigenvalue weighted by atomic mass is 16.1. The molecule has 0 bridgehead atoms. The maximum Gasteiger partial charge on any atom is 0.250 e. The third-order valence-electron chi connectivity index (χ3n) is 5.88. The molecule has 1 saturated carbocycles. The maximum absolute atomic E-state index is 11.6. The van der Waals surface area contributed by atoms with Crippen molar-refractivity contribution < 1.29 is 4.79 Å². The first-order chi connectivity index (χ1) is 12.2. The summed E-state index contributed by atoms with van der Waals surface area (Å²) in [5.74, 6) is 0.341. The quantitative estimate of drug-likeness (QED) is 0.773. The summed E-state index contributed by atoms with van der Waals surface area (Å²) in [5, 5.41) is 8.98. The fourth-order valence-corrected chi connectivity index (χ4v) is 4.36. The fraction of sp³-hybridized carbons (Fsp3) is 0.300. The molecule has 0 spiro atoms. The van der Waals surface area contributed by atoms with Crippen molar-refractivity contribution in [2.24, 2.45) is 11.7 Å². The summed E-state index contributed by atoms with van der Waals surface area (Å²) in [6.07, 6.45) is 4.47. The van der Waals surface area contributed by atoms with Gasteiger partial charge in [-0.15, -0.1) is 0 Å². The Morgan fingerprint density at radius 1 is 1.24 bits per heavy atom. The van der Waals surface area contributed by atoms with Crippen LogP contribution in [-0.2, 0) is 5.41 Å². The summed E-state index contributed by atoms with van der Waals surface area (Å²) in [7, 11) is 0. The molecule has 2 unspecified atom stereocenters. The van der Waals surface area contributed by atoms with Crippen molar-refractivity contribution in [2.45, 2.75) is 18.3 Å². The third kappa shape index (κ3) is 2.19. The largest absolute Gasteiger partial charge is 0.366 e. The molecule has 3 N–H and O–H groups in total. The average Bonchev–Trinajstić information content (AvgIpc) is 3.23. The zero-order chi connectivity index (χ0) is 17.0. The number of hydrogen-bond acceptors (Lipinski definition) is 3. The van der Waals surface area contributed by atoms with Gasteiger partial charge in [-0.05, 0) is 55.6 Å². The van der Waals surface area contributed by atoms with Gasteiger partial charge in [-0.1, -0.05) is 24.3 Å². The van der Waals surface area contributed by atoms with Crippen LogP contribution in [0, 0.1) is 5.92 Å². The molecule has 1 aromatic heterocycles. The Morgan fingerprint density at radius 2 is 2.08 bits per heavy atom. The molecule has 1 aliphatic heterocycles. The molecule has 5 nitrogen and oxygen atoms in total. The number of aromatic nitrogens is 2. The van der Waals surface area contributed by atoms with Gasteiger partial charge in [0.15, 0.2) is 0 Å². The van der Waals surface area contributed by atoms with Crippen LogP contribution >= 0.6 is 0 Å². The number of rotatable bonds is 3. The lowest BCUT2D eigenvalue weighted by Crippen LogP contribution is -2.31. The van der Waals surface area contributed by atoms with Crippen molar-refractivity contribution in [3.8, 4) is 5.69 Å². The van der Waals surface area contributed by atoms with Gasteiger partial charge in [-0.25, -0.2) is 4.68 Å². The zero-order valence-corrected chi connectivity index (χ0v) is 13.9. The Hall–Kier alpha value is -2.66. The van der Waals surface area contributed by atoms with Crippen molar-refractivity contribution in [2.75, 3.05) is 13.1 Å². The van der Waals surface area contributed by atoms with Crippen LogP contribution in [0.25, 0.3) is 16.6 Å². The molecule has 5 rings (SSSR count). The molecular formula is C20H20N4O. The third-order valence-corrected chi connectivity index (χ3v) is 5.88. The molecule has 2 aromatic carbocycles. The van der Waals surface area contributed by atoms with E-state index in [1.165, 1.54) is 18.4 Å². The van der Waals surface area contributed by atoms with Crippen LogP contribution in [-0.4, -0.2) is 28.8 Å². The molecule has 0 radical (unpaired) electrons. The van der Waals surface area contributed by atoms with Gasteiger partial charge in [0.05, 0.1) is 11.3 Å². The van der Waals surface area contributed by atoms with Gasteiger partial charge in [0.1, 0.15) is 5.52 Å². The molecular weight excluding hydrogens is 312 g/mol. The number of piperidine rings is 1. The predicted octanol–water partition coefficient (Wildman–Crippen LogP) is 2.38. The number of nitrogens with zero attached hydrogens (tertiary/aromatic N) is 2. The SMILES string of the molecule is NC(=O)c1cccc2cn(-c3ccc(C45CCNCC4C5)cc3)nc12. The molecule has 126 valence electrons. The molecule has 5 heteroatoms. The normalized spacial score (nSPS) is 24.9.